The van der Waals surface area contributed by atoms with Crippen molar-refractivity contribution >= 4 is 6.29 Å². The molecule has 0 spiro atoms. The molecule has 1 heteroatoms. The fourth-order valence-corrected chi connectivity index (χ4v) is 2.23. The molecule has 1 fully saturated rings. The van der Waals surface area contributed by atoms with Crippen LogP contribution < -0.4 is 0 Å². The number of hydrogen-bond acceptors (Lipinski definition) is 1. The molecule has 12 heavy (non-hydrogen) atoms. The second-order valence-corrected chi connectivity index (χ2v) is 3.71. The van der Waals surface area contributed by atoms with Crippen LogP contribution in [0.25, 0.3) is 0 Å². The third kappa shape index (κ3) is 1.36. The summed E-state index contributed by atoms with van der Waals surface area (Å²) in [5.74, 6) is 1.54. The summed E-state index contributed by atoms with van der Waals surface area (Å²) in [5, 5.41) is 0. The third-order valence-corrected chi connectivity index (χ3v) is 2.84. The van der Waals surface area contributed by atoms with E-state index < -0.39 is 0 Å². The fraction of sp³-hybridized carbons (Fsp3) is 0.545. The zero-order chi connectivity index (χ0) is 8.39. The molecule has 0 unspecified atom stereocenters. The number of aldehydes is 1. The quantitative estimate of drug-likeness (QED) is 0.354. The summed E-state index contributed by atoms with van der Waals surface area (Å²) in [5.41, 5.74) is 1.57. The Labute approximate surface area is 73.2 Å². The Bertz CT molecular complexity index is 237. The molecule has 2 aliphatic carbocycles. The lowest BCUT2D eigenvalue weighted by Crippen LogP contribution is -1.92. The zero-order valence-corrected chi connectivity index (χ0v) is 7.20. The minimum Gasteiger partial charge on any atom is -0.303 e. The minimum atomic E-state index is 0.685. The van der Waals surface area contributed by atoms with Crippen molar-refractivity contribution in [3.05, 3.63) is 23.8 Å². The molecule has 64 valence electrons. The number of rotatable bonds is 3. The molecule has 0 saturated heterocycles. The molecule has 2 rings (SSSR count). The maximum absolute atomic E-state index is 10.1. The first-order valence-corrected chi connectivity index (χ1v) is 4.71. The van der Waals surface area contributed by atoms with Gasteiger partial charge in [0.05, 0.1) is 0 Å². The van der Waals surface area contributed by atoms with E-state index in [1.54, 1.807) is 5.57 Å². The van der Waals surface area contributed by atoms with Crippen LogP contribution in [0, 0.1) is 11.8 Å². The van der Waals surface area contributed by atoms with E-state index in [1.165, 1.54) is 12.8 Å². The van der Waals surface area contributed by atoms with Crippen molar-refractivity contribution in [2.45, 2.75) is 25.7 Å². The smallest absolute Gasteiger partial charge is 0.120 e. The van der Waals surface area contributed by atoms with Gasteiger partial charge in [-0.2, -0.15) is 0 Å². The number of allylic oxidation sites excluding steroid dienone is 4. The zero-order valence-electron chi connectivity index (χ0n) is 7.20. The molecule has 0 radical (unpaired) electrons. The van der Waals surface area contributed by atoms with Crippen molar-refractivity contribution in [1.29, 1.82) is 0 Å². The molecule has 2 aliphatic rings. The highest BCUT2D eigenvalue weighted by Crippen LogP contribution is 2.42. The van der Waals surface area contributed by atoms with Crippen molar-refractivity contribution in [3.8, 4) is 0 Å². The number of unbranched alkanes of at least 4 members (excludes halogenated alkanes) is 1. The molecule has 0 aliphatic heterocycles. The predicted molar refractivity (Wildman–Crippen MR) is 48.7 cm³/mol. The third-order valence-electron chi connectivity index (χ3n) is 2.84. The molecule has 0 heterocycles. The van der Waals surface area contributed by atoms with Crippen LogP contribution in [-0.2, 0) is 4.79 Å². The van der Waals surface area contributed by atoms with Crippen molar-refractivity contribution in [1.82, 2.24) is 0 Å². The van der Waals surface area contributed by atoms with E-state index in [2.05, 4.69) is 18.2 Å². The topological polar surface area (TPSA) is 17.1 Å². The molecule has 2 atom stereocenters. The SMILES string of the molecule is O=CCC/C=C1\C[C@H]2C=C[C@H]1C2. The lowest BCUT2D eigenvalue weighted by atomic mass is 9.99. The number of carbonyl (C=O) groups is 1. The summed E-state index contributed by atoms with van der Waals surface area (Å²) >= 11 is 0. The highest BCUT2D eigenvalue weighted by atomic mass is 16.1. The van der Waals surface area contributed by atoms with Gasteiger partial charge < -0.3 is 4.79 Å². The largest absolute Gasteiger partial charge is 0.303 e. The molecule has 1 saturated carbocycles. The fourth-order valence-electron chi connectivity index (χ4n) is 2.23. The van der Waals surface area contributed by atoms with Gasteiger partial charge in [0, 0.05) is 6.42 Å². The van der Waals surface area contributed by atoms with Gasteiger partial charge in [-0.05, 0) is 31.1 Å². The number of carbonyl (C=O) groups excluding carboxylic acids is 1. The highest BCUT2D eigenvalue weighted by molar-refractivity contribution is 5.49. The Kier molecular flexibility index (Phi) is 2.11. The van der Waals surface area contributed by atoms with Gasteiger partial charge in [0.2, 0.25) is 0 Å². The Hall–Kier alpha value is -0.850. The first-order chi connectivity index (χ1) is 5.90. The molecule has 0 aromatic rings. The van der Waals surface area contributed by atoms with Crippen LogP contribution in [0.1, 0.15) is 25.7 Å². The average molecular weight is 162 g/mol. The van der Waals surface area contributed by atoms with Gasteiger partial charge >= 0.3 is 0 Å². The van der Waals surface area contributed by atoms with Crippen LogP contribution in [-0.4, -0.2) is 6.29 Å². The Morgan fingerprint density at radius 2 is 2.33 bits per heavy atom. The molecule has 0 aromatic carbocycles. The summed E-state index contributed by atoms with van der Waals surface area (Å²) in [6.45, 7) is 0. The van der Waals surface area contributed by atoms with Crippen LogP contribution in [0.4, 0.5) is 0 Å². The Balaban J connectivity index is 1.93. The summed E-state index contributed by atoms with van der Waals surface area (Å²) in [6, 6.07) is 0. The van der Waals surface area contributed by atoms with Crippen LogP contribution in [0.15, 0.2) is 23.8 Å². The van der Waals surface area contributed by atoms with Gasteiger partial charge in [0.1, 0.15) is 6.29 Å². The summed E-state index contributed by atoms with van der Waals surface area (Å²) in [7, 11) is 0. The van der Waals surface area contributed by atoms with Gasteiger partial charge in [-0.15, -0.1) is 0 Å². The monoisotopic (exact) mass is 162 g/mol. The molecule has 0 N–H and O–H groups in total. The first kappa shape index (κ1) is 7.78. The van der Waals surface area contributed by atoms with E-state index in [0.717, 1.165) is 24.5 Å². The average Bonchev–Trinajstić information content (AvgIpc) is 2.65. The van der Waals surface area contributed by atoms with Crippen LogP contribution in [0.3, 0.4) is 0 Å². The minimum absolute atomic E-state index is 0.685. The van der Waals surface area contributed by atoms with E-state index in [0.29, 0.717) is 6.42 Å². The van der Waals surface area contributed by atoms with Crippen LogP contribution in [0.2, 0.25) is 0 Å². The van der Waals surface area contributed by atoms with E-state index in [-0.39, 0.29) is 0 Å². The van der Waals surface area contributed by atoms with Gasteiger partial charge in [0.25, 0.3) is 0 Å². The molecule has 0 amide bonds. The van der Waals surface area contributed by atoms with Gasteiger partial charge in [-0.25, -0.2) is 0 Å². The van der Waals surface area contributed by atoms with Crippen molar-refractivity contribution < 1.29 is 4.79 Å². The second kappa shape index (κ2) is 3.26. The van der Waals surface area contributed by atoms with Gasteiger partial charge in [-0.1, -0.05) is 23.8 Å². The molecule has 2 bridgehead atoms. The van der Waals surface area contributed by atoms with E-state index >= 15 is 0 Å². The van der Waals surface area contributed by atoms with Gasteiger partial charge in [0.15, 0.2) is 0 Å². The van der Waals surface area contributed by atoms with Gasteiger partial charge in [-0.3, -0.25) is 0 Å². The highest BCUT2D eigenvalue weighted by Gasteiger charge is 2.29. The van der Waals surface area contributed by atoms with Crippen molar-refractivity contribution in [2.75, 3.05) is 0 Å². The maximum Gasteiger partial charge on any atom is 0.120 e. The Morgan fingerprint density at radius 1 is 1.42 bits per heavy atom. The molecular formula is C11H14O. The molecular weight excluding hydrogens is 148 g/mol. The second-order valence-electron chi connectivity index (χ2n) is 3.71. The molecule has 1 nitrogen and oxygen atoms in total. The van der Waals surface area contributed by atoms with E-state index in [1.807, 2.05) is 0 Å². The predicted octanol–water partition coefficient (Wildman–Crippen LogP) is 2.49. The Morgan fingerprint density at radius 3 is 2.92 bits per heavy atom. The standard InChI is InChI=1S/C11H14O/c12-6-2-1-3-10-7-9-4-5-11(10)8-9/h3-6,9,11H,1-2,7-8H2/b10-3+/t9-,11+/m1/s1. The summed E-state index contributed by atoms with van der Waals surface area (Å²) in [6.07, 6.45) is 12.1. The lowest BCUT2D eigenvalue weighted by Gasteiger charge is -2.06. The van der Waals surface area contributed by atoms with E-state index in [9.17, 15) is 4.79 Å². The maximum atomic E-state index is 10.1. The van der Waals surface area contributed by atoms with E-state index in [4.69, 9.17) is 0 Å². The number of fused-ring (bicyclic) bond motifs is 2. The first-order valence-electron chi connectivity index (χ1n) is 4.71. The normalized spacial score (nSPS) is 34.8. The van der Waals surface area contributed by atoms with Crippen LogP contribution in [0.5, 0.6) is 0 Å². The van der Waals surface area contributed by atoms with Crippen molar-refractivity contribution in [2.24, 2.45) is 11.8 Å². The summed E-state index contributed by atoms with van der Waals surface area (Å²) < 4.78 is 0. The summed E-state index contributed by atoms with van der Waals surface area (Å²) in [4.78, 5) is 10.1. The van der Waals surface area contributed by atoms with Crippen molar-refractivity contribution in [3.63, 3.8) is 0 Å². The molecule has 0 aromatic heterocycles. The van der Waals surface area contributed by atoms with Crippen LogP contribution >= 0.6 is 0 Å². The number of hydrogen-bond donors (Lipinski definition) is 0. The lowest BCUT2D eigenvalue weighted by molar-refractivity contribution is -0.107.